The van der Waals surface area contributed by atoms with Crippen molar-refractivity contribution in [3.05, 3.63) is 20.9 Å². The molecule has 0 rings (SSSR count). The number of nitrogens with zero attached hydrogens (tertiary/aromatic N) is 6. The molecule has 1 atom stereocenters. The van der Waals surface area contributed by atoms with Gasteiger partial charge in [-0.15, -0.1) is 4.78 Å². The van der Waals surface area contributed by atoms with Gasteiger partial charge in [0.1, 0.15) is 9.68 Å². The molecule has 0 radical (unpaired) electrons. The van der Waals surface area contributed by atoms with Gasteiger partial charge in [-0.25, -0.2) is 0 Å². The summed E-state index contributed by atoms with van der Waals surface area (Å²) < 4.78 is 19.8. The van der Waals surface area contributed by atoms with Crippen molar-refractivity contribution in [3.63, 3.8) is 0 Å². The Bertz CT molecular complexity index is 419. The van der Waals surface area contributed by atoms with E-state index >= 15 is 0 Å². The molecule has 0 aliphatic heterocycles. The van der Waals surface area contributed by atoms with Crippen molar-refractivity contribution in [2.75, 3.05) is 21.3 Å². The minimum Gasteiger partial charge on any atom is -0.377 e. The third-order valence-electron chi connectivity index (χ3n) is 4.27. The van der Waals surface area contributed by atoms with Crippen LogP contribution in [0.3, 0.4) is 0 Å². The molecule has 0 fully saturated rings. The molecule has 0 aliphatic carbocycles. The third-order valence-corrected chi connectivity index (χ3v) is 8.39. The first-order chi connectivity index (χ1) is 12.2. The van der Waals surface area contributed by atoms with Gasteiger partial charge in [0, 0.05) is 38.0 Å². The summed E-state index contributed by atoms with van der Waals surface area (Å²) in [6.45, 7) is 0. The Balaban J connectivity index is 3.61. The van der Waals surface area contributed by atoms with Gasteiger partial charge in [0.15, 0.2) is 0 Å². The highest BCUT2D eigenvalue weighted by Gasteiger charge is 2.36. The Morgan fingerprint density at radius 3 is 1.84 bits per heavy atom. The molecule has 0 heterocycles. The zero-order valence-corrected chi connectivity index (χ0v) is 18.2. The van der Waals surface area contributed by atoms with Crippen LogP contribution in [0, 0.1) is 0 Å². The lowest BCUT2D eigenvalue weighted by Gasteiger charge is -2.24. The van der Waals surface area contributed by atoms with Crippen molar-refractivity contribution in [3.8, 4) is 0 Å². The first-order valence-corrected chi connectivity index (χ1v) is 12.3. The van der Waals surface area contributed by atoms with Crippen LogP contribution in [0.2, 0.25) is 6.04 Å². The monoisotopic (exact) mass is 388 g/mol. The second-order valence-corrected chi connectivity index (χ2v) is 10.6. The Morgan fingerprint density at radius 1 is 0.840 bits per heavy atom. The minimum absolute atomic E-state index is 0.0762. The third kappa shape index (κ3) is 12.0. The smallest absolute Gasteiger partial charge is 0.377 e. The molecule has 0 saturated heterocycles. The van der Waals surface area contributed by atoms with Crippen LogP contribution in [-0.4, -0.2) is 45.5 Å². The van der Waals surface area contributed by atoms with Crippen LogP contribution < -0.4 is 0 Å². The van der Waals surface area contributed by atoms with Crippen LogP contribution in [0.15, 0.2) is 9.89 Å². The van der Waals surface area contributed by atoms with Crippen molar-refractivity contribution >= 4 is 18.5 Å². The molecule has 0 aromatic carbocycles. The van der Waals surface area contributed by atoms with Gasteiger partial charge in [-0.2, -0.15) is 0 Å². The van der Waals surface area contributed by atoms with Gasteiger partial charge in [0.2, 0.25) is 0 Å². The van der Waals surface area contributed by atoms with Crippen molar-refractivity contribution < 1.29 is 13.3 Å². The molecule has 0 aromatic rings. The predicted octanol–water partition coefficient (Wildman–Crippen LogP) is 4.41. The molecule has 0 aromatic heterocycles. The molecule has 144 valence electrons. The predicted molar refractivity (Wildman–Crippen MR) is 104 cm³/mol. The highest BCUT2D eigenvalue weighted by Crippen LogP contribution is 2.18. The van der Waals surface area contributed by atoms with Gasteiger partial charge in [0.25, 0.3) is 0 Å². The number of rotatable bonds is 17. The van der Waals surface area contributed by atoms with E-state index in [2.05, 4.69) is 19.7 Å². The molecule has 25 heavy (non-hydrogen) atoms. The lowest BCUT2D eigenvalue weighted by molar-refractivity contribution is 0.122. The highest BCUT2D eigenvalue weighted by molar-refractivity contribution is 6.60. The largest absolute Gasteiger partial charge is 0.500 e. The highest BCUT2D eigenvalue weighted by atomic mass is 28.4. The second kappa shape index (κ2) is 16.4. The van der Waals surface area contributed by atoms with E-state index in [1.165, 1.54) is 32.1 Å². The quantitative estimate of drug-likeness (QED) is 0.120. The molecular weight excluding hydrogens is 356 g/mol. The summed E-state index contributed by atoms with van der Waals surface area (Å²) in [6.07, 6.45) is 10.1. The van der Waals surface area contributed by atoms with Crippen molar-refractivity contribution in [1.29, 1.82) is 0 Å². The van der Waals surface area contributed by atoms with Crippen molar-refractivity contribution in [1.82, 2.24) is 0 Å². The molecule has 0 N–H and O–H groups in total. The zero-order chi connectivity index (χ0) is 18.8. The van der Waals surface area contributed by atoms with Gasteiger partial charge in [-0.05, 0) is 28.8 Å². The Hall–Kier alpha value is -1.07. The number of unbranched alkanes of at least 4 members (excludes halogenated alkanes) is 7. The molecule has 0 amide bonds. The summed E-state index contributed by atoms with van der Waals surface area (Å²) >= 11 is 0. The summed E-state index contributed by atoms with van der Waals surface area (Å²) in [7, 11) is 1.57. The maximum absolute atomic E-state index is 8.50. The number of hydrogen-bond acceptors (Lipinski definition) is 5. The van der Waals surface area contributed by atoms with Crippen LogP contribution in [-0.2, 0) is 13.3 Å². The van der Waals surface area contributed by atoms with E-state index in [9.17, 15) is 0 Å². The maximum Gasteiger partial charge on any atom is 0.500 e. The van der Waals surface area contributed by atoms with Crippen LogP contribution in [0.5, 0.6) is 0 Å². The molecule has 9 nitrogen and oxygen atoms in total. The average Bonchev–Trinajstić information content (AvgIpc) is 2.64. The number of azide groups is 2. The first kappa shape index (κ1) is 23.9. The SMILES string of the molecule is CO[Si](CCCCCCCCCCC(N=[N+]=[N-])[SiH2]N=[N+]=[N-])(OC)OC. The summed E-state index contributed by atoms with van der Waals surface area (Å²) in [5.74, 6) is 0. The fourth-order valence-corrected chi connectivity index (χ4v) is 5.40. The van der Waals surface area contributed by atoms with E-state index in [1.807, 2.05) is 0 Å². The fraction of sp³-hybridized carbons (Fsp3) is 1.00. The maximum atomic E-state index is 8.50. The zero-order valence-electron chi connectivity index (χ0n) is 15.8. The lowest BCUT2D eigenvalue weighted by atomic mass is 10.1. The molecule has 0 spiro atoms. The van der Waals surface area contributed by atoms with E-state index in [0.29, 0.717) is 0 Å². The molecule has 0 bridgehead atoms. The van der Waals surface area contributed by atoms with Gasteiger partial charge in [-0.3, -0.25) is 0 Å². The van der Waals surface area contributed by atoms with Crippen LogP contribution in [0.1, 0.15) is 57.8 Å². The standard InChI is InChI=1S/C14H32N6O3Si2/c1-21-25(22-2,23-3)13-11-9-7-5-4-6-8-10-12-14(17-18-15)24-20-19-16/h14H,4-13,24H2,1-3H3. The summed E-state index contributed by atoms with van der Waals surface area (Å²) in [5.41, 5.74) is 16.8. The first-order valence-electron chi connectivity index (χ1n) is 8.88. The van der Waals surface area contributed by atoms with E-state index in [4.69, 9.17) is 24.3 Å². The van der Waals surface area contributed by atoms with Gasteiger partial charge < -0.3 is 13.3 Å². The molecule has 0 aliphatic rings. The molecule has 11 heteroatoms. The summed E-state index contributed by atoms with van der Waals surface area (Å²) in [5, 5.41) is 3.72. The van der Waals surface area contributed by atoms with Gasteiger partial charge in [-0.1, -0.05) is 50.1 Å². The van der Waals surface area contributed by atoms with E-state index < -0.39 is 18.5 Å². The van der Waals surface area contributed by atoms with Crippen LogP contribution in [0.25, 0.3) is 20.9 Å². The normalized spacial score (nSPS) is 12.8. The minimum atomic E-state index is -2.39. The fourth-order valence-electron chi connectivity index (χ4n) is 2.73. The second-order valence-electron chi connectivity index (χ2n) is 5.93. The number of hydrogen-bond donors (Lipinski definition) is 0. The molecule has 0 saturated carbocycles. The Kier molecular flexibility index (Phi) is 15.7. The Morgan fingerprint density at radius 2 is 1.36 bits per heavy atom. The molecule has 1 unspecified atom stereocenters. The molecular formula is C14H32N6O3Si2. The summed E-state index contributed by atoms with van der Waals surface area (Å²) in [6, 6.07) is 0.867. The van der Waals surface area contributed by atoms with E-state index in [0.717, 1.165) is 31.7 Å². The average molecular weight is 389 g/mol. The van der Waals surface area contributed by atoms with Gasteiger partial charge in [0.05, 0.1) is 0 Å². The Labute approximate surface area is 153 Å². The van der Waals surface area contributed by atoms with E-state index in [1.54, 1.807) is 21.3 Å². The van der Waals surface area contributed by atoms with Gasteiger partial charge >= 0.3 is 8.80 Å². The van der Waals surface area contributed by atoms with E-state index in [-0.39, 0.29) is 5.67 Å². The topological polar surface area (TPSA) is 125 Å². The lowest BCUT2D eigenvalue weighted by Crippen LogP contribution is -2.42. The van der Waals surface area contributed by atoms with Crippen LogP contribution >= 0.6 is 0 Å². The van der Waals surface area contributed by atoms with Crippen molar-refractivity contribution in [2.24, 2.45) is 9.89 Å². The van der Waals surface area contributed by atoms with Crippen molar-refractivity contribution in [2.45, 2.75) is 69.5 Å². The summed E-state index contributed by atoms with van der Waals surface area (Å²) in [4.78, 5) is 5.60. The van der Waals surface area contributed by atoms with Crippen LogP contribution in [0.4, 0.5) is 0 Å².